The molecule has 104 valence electrons. The first kappa shape index (κ1) is 14.5. The van der Waals surface area contributed by atoms with Crippen LogP contribution in [-0.4, -0.2) is 12.2 Å². The van der Waals surface area contributed by atoms with Crippen LogP contribution in [0.5, 0.6) is 0 Å². The van der Waals surface area contributed by atoms with E-state index in [4.69, 9.17) is 0 Å². The van der Waals surface area contributed by atoms with Crippen molar-refractivity contribution in [3.05, 3.63) is 72.1 Å². The zero-order valence-electron chi connectivity index (χ0n) is 11.7. The Bertz CT molecular complexity index is 563. The summed E-state index contributed by atoms with van der Waals surface area (Å²) in [5, 5.41) is 12.7. The number of hydrogen-bond acceptors (Lipinski definition) is 3. The van der Waals surface area contributed by atoms with Crippen molar-refractivity contribution in [1.29, 1.82) is 0 Å². The maximum Gasteiger partial charge on any atom is 0.115 e. The van der Waals surface area contributed by atoms with E-state index < -0.39 is 0 Å². The summed E-state index contributed by atoms with van der Waals surface area (Å²) in [6, 6.07) is 18.6. The van der Waals surface area contributed by atoms with Crippen LogP contribution < -0.4 is 5.32 Å². The summed E-state index contributed by atoms with van der Waals surface area (Å²) in [6.45, 7) is 1.99. The van der Waals surface area contributed by atoms with E-state index in [0.717, 1.165) is 5.56 Å². The Morgan fingerprint density at radius 3 is 2.25 bits per heavy atom. The van der Waals surface area contributed by atoms with Crippen molar-refractivity contribution in [3.8, 4) is 0 Å². The summed E-state index contributed by atoms with van der Waals surface area (Å²) in [7, 11) is 1.78. The molecule has 0 bridgehead atoms. The molecule has 1 atom stereocenters. The third-order valence-corrected chi connectivity index (χ3v) is 4.11. The molecule has 2 nitrogen and oxygen atoms in total. The van der Waals surface area contributed by atoms with E-state index in [0.29, 0.717) is 5.76 Å². The van der Waals surface area contributed by atoms with Gasteiger partial charge in [-0.25, -0.2) is 0 Å². The topological polar surface area (TPSA) is 32.3 Å². The maximum absolute atomic E-state index is 9.87. The van der Waals surface area contributed by atoms with Crippen LogP contribution in [0.15, 0.2) is 76.3 Å². The Kier molecular flexibility index (Phi) is 5.13. The van der Waals surface area contributed by atoms with Crippen molar-refractivity contribution in [2.45, 2.75) is 22.6 Å². The van der Waals surface area contributed by atoms with E-state index in [1.165, 1.54) is 9.79 Å². The van der Waals surface area contributed by atoms with E-state index in [9.17, 15) is 5.11 Å². The molecule has 0 aromatic heterocycles. The first-order valence-corrected chi connectivity index (χ1v) is 7.41. The predicted octanol–water partition coefficient (Wildman–Crippen LogP) is 4.56. The smallest absolute Gasteiger partial charge is 0.115 e. The molecule has 0 amide bonds. The lowest BCUT2D eigenvalue weighted by atomic mass is 10.00. The van der Waals surface area contributed by atoms with Gasteiger partial charge in [-0.2, -0.15) is 0 Å². The van der Waals surface area contributed by atoms with E-state index in [1.807, 2.05) is 25.1 Å². The van der Waals surface area contributed by atoms with Crippen LogP contribution in [0.1, 0.15) is 18.4 Å². The fourth-order valence-corrected chi connectivity index (χ4v) is 2.73. The molecule has 1 unspecified atom stereocenters. The second-order valence-electron chi connectivity index (χ2n) is 4.56. The van der Waals surface area contributed by atoms with E-state index in [1.54, 1.807) is 25.0 Å². The standard InChI is InChI=1S/C17H19NOS/c1-13(17(19)12-18-2)14-8-10-16(11-9-14)20-15-6-4-3-5-7-15/h3-13,18-19H,1-2H3. The summed E-state index contributed by atoms with van der Waals surface area (Å²) in [4.78, 5) is 2.43. The van der Waals surface area contributed by atoms with Crippen molar-refractivity contribution in [2.75, 3.05) is 7.05 Å². The summed E-state index contributed by atoms with van der Waals surface area (Å²) < 4.78 is 0. The quantitative estimate of drug-likeness (QED) is 0.790. The molecule has 2 aromatic carbocycles. The fraction of sp³-hybridized carbons (Fsp3) is 0.176. The van der Waals surface area contributed by atoms with Gasteiger partial charge in [-0.15, -0.1) is 0 Å². The van der Waals surface area contributed by atoms with E-state index in [-0.39, 0.29) is 5.92 Å². The SMILES string of the molecule is CNC=C(O)C(C)c1ccc(Sc2ccccc2)cc1. The molecule has 3 heteroatoms. The van der Waals surface area contributed by atoms with Crippen LogP contribution in [0.4, 0.5) is 0 Å². The van der Waals surface area contributed by atoms with Crippen LogP contribution in [0, 0.1) is 0 Å². The summed E-state index contributed by atoms with van der Waals surface area (Å²) in [5.41, 5.74) is 1.10. The first-order chi connectivity index (χ1) is 9.70. The Hall–Kier alpha value is -1.87. The van der Waals surface area contributed by atoms with Gasteiger partial charge in [0.2, 0.25) is 0 Å². The second kappa shape index (κ2) is 7.06. The average molecular weight is 285 g/mol. The Balaban J connectivity index is 2.08. The van der Waals surface area contributed by atoms with E-state index >= 15 is 0 Å². The number of allylic oxidation sites excluding steroid dienone is 1. The number of aliphatic hydroxyl groups is 1. The van der Waals surface area contributed by atoms with E-state index in [2.05, 4.69) is 41.7 Å². The lowest BCUT2D eigenvalue weighted by Gasteiger charge is -2.12. The maximum atomic E-state index is 9.87. The van der Waals surface area contributed by atoms with Crippen molar-refractivity contribution in [3.63, 3.8) is 0 Å². The molecule has 0 saturated carbocycles. The molecule has 0 heterocycles. The molecule has 0 saturated heterocycles. The van der Waals surface area contributed by atoms with Gasteiger partial charge in [-0.1, -0.05) is 49.0 Å². The molecule has 0 fully saturated rings. The lowest BCUT2D eigenvalue weighted by molar-refractivity contribution is 0.371. The van der Waals surface area contributed by atoms with Crippen molar-refractivity contribution < 1.29 is 5.11 Å². The van der Waals surface area contributed by atoms with Gasteiger partial charge >= 0.3 is 0 Å². The highest BCUT2D eigenvalue weighted by atomic mass is 32.2. The molecule has 20 heavy (non-hydrogen) atoms. The van der Waals surface area contributed by atoms with Gasteiger partial charge in [0.05, 0.1) is 0 Å². The molecular formula is C17H19NOS. The second-order valence-corrected chi connectivity index (χ2v) is 5.71. The molecule has 0 spiro atoms. The highest BCUT2D eigenvalue weighted by Gasteiger charge is 2.10. The molecule has 2 N–H and O–H groups in total. The number of rotatable bonds is 5. The molecule has 0 aliphatic rings. The molecular weight excluding hydrogens is 266 g/mol. The van der Waals surface area contributed by atoms with Gasteiger partial charge < -0.3 is 10.4 Å². The number of aliphatic hydroxyl groups excluding tert-OH is 1. The van der Waals surface area contributed by atoms with Gasteiger partial charge in [-0.05, 0) is 29.8 Å². The minimum atomic E-state index is -0.00164. The zero-order chi connectivity index (χ0) is 14.4. The van der Waals surface area contributed by atoms with Crippen LogP contribution in [0.2, 0.25) is 0 Å². The van der Waals surface area contributed by atoms with Crippen LogP contribution in [-0.2, 0) is 0 Å². The summed E-state index contributed by atoms with van der Waals surface area (Å²) in [5.74, 6) is 0.342. The Morgan fingerprint density at radius 2 is 1.65 bits per heavy atom. The highest BCUT2D eigenvalue weighted by molar-refractivity contribution is 7.99. The monoisotopic (exact) mass is 285 g/mol. The number of benzene rings is 2. The fourth-order valence-electron chi connectivity index (χ4n) is 1.89. The van der Waals surface area contributed by atoms with Gasteiger partial charge in [-0.3, -0.25) is 0 Å². The third-order valence-electron chi connectivity index (χ3n) is 3.09. The minimum Gasteiger partial charge on any atom is -0.510 e. The lowest BCUT2D eigenvalue weighted by Crippen LogP contribution is -2.03. The van der Waals surface area contributed by atoms with Crippen LogP contribution in [0.25, 0.3) is 0 Å². The molecule has 0 radical (unpaired) electrons. The third kappa shape index (κ3) is 3.81. The van der Waals surface area contributed by atoms with Gasteiger partial charge in [0.25, 0.3) is 0 Å². The Morgan fingerprint density at radius 1 is 1.05 bits per heavy atom. The molecule has 2 aromatic rings. The van der Waals surface area contributed by atoms with Crippen molar-refractivity contribution in [1.82, 2.24) is 5.32 Å². The predicted molar refractivity (Wildman–Crippen MR) is 85.2 cm³/mol. The summed E-state index contributed by atoms with van der Waals surface area (Å²) in [6.07, 6.45) is 1.62. The molecule has 2 rings (SSSR count). The number of hydrogen-bond donors (Lipinski definition) is 2. The van der Waals surface area contributed by atoms with Gasteiger partial charge in [0.15, 0.2) is 0 Å². The van der Waals surface area contributed by atoms with Crippen molar-refractivity contribution >= 4 is 11.8 Å². The molecule has 0 aliphatic carbocycles. The van der Waals surface area contributed by atoms with Crippen molar-refractivity contribution in [2.24, 2.45) is 0 Å². The van der Waals surface area contributed by atoms with Crippen LogP contribution in [0.3, 0.4) is 0 Å². The van der Waals surface area contributed by atoms with Crippen LogP contribution >= 0.6 is 11.8 Å². The first-order valence-electron chi connectivity index (χ1n) is 6.60. The van der Waals surface area contributed by atoms with Gasteiger partial charge in [0.1, 0.15) is 5.76 Å². The Labute approximate surface area is 124 Å². The molecule has 0 aliphatic heterocycles. The highest BCUT2D eigenvalue weighted by Crippen LogP contribution is 2.29. The summed E-state index contributed by atoms with van der Waals surface area (Å²) >= 11 is 1.74. The normalized spacial score (nSPS) is 13.0. The average Bonchev–Trinajstić information content (AvgIpc) is 2.48. The van der Waals surface area contributed by atoms with Gasteiger partial charge in [0, 0.05) is 29.0 Å². The number of nitrogens with one attached hydrogen (secondary N) is 1. The zero-order valence-corrected chi connectivity index (χ0v) is 12.5. The largest absolute Gasteiger partial charge is 0.510 e. The minimum absolute atomic E-state index is 0.00164.